The number of hydrogen-bond donors (Lipinski definition) is 3. The summed E-state index contributed by atoms with van der Waals surface area (Å²) >= 11 is 1.47. The van der Waals surface area contributed by atoms with E-state index in [1.807, 2.05) is 13.0 Å². The topological polar surface area (TPSA) is 87.3 Å². The first-order valence-electron chi connectivity index (χ1n) is 8.84. The number of fused-ring (bicyclic) bond motifs is 1. The summed E-state index contributed by atoms with van der Waals surface area (Å²) in [6.07, 6.45) is 2.00. The highest BCUT2D eigenvalue weighted by Crippen LogP contribution is 2.36. The molecule has 4 rings (SSSR count). The Hall–Kier alpha value is -2.80. The predicted molar refractivity (Wildman–Crippen MR) is 105 cm³/mol. The van der Waals surface area contributed by atoms with Crippen LogP contribution in [-0.2, 0) is 4.79 Å². The van der Waals surface area contributed by atoms with Crippen molar-refractivity contribution in [2.75, 3.05) is 10.6 Å². The molecule has 3 N–H and O–H groups in total. The number of nitrogens with one attached hydrogen (secondary N) is 3. The molecule has 3 amide bonds. The van der Waals surface area contributed by atoms with Gasteiger partial charge in [0.2, 0.25) is 5.91 Å². The molecule has 0 saturated heterocycles. The summed E-state index contributed by atoms with van der Waals surface area (Å²) in [5, 5.41) is 8.41. The van der Waals surface area contributed by atoms with Crippen LogP contribution in [0, 0.1) is 0 Å². The third-order valence-electron chi connectivity index (χ3n) is 4.51. The molecule has 0 spiro atoms. The van der Waals surface area contributed by atoms with Gasteiger partial charge in [-0.2, -0.15) is 0 Å². The Morgan fingerprint density at radius 1 is 1.11 bits per heavy atom. The minimum atomic E-state index is -0.331. The largest absolute Gasteiger partial charge is 0.349 e. The number of carbonyl (C=O) groups excluding carboxylic acids is 3. The molecule has 6 nitrogen and oxygen atoms in total. The summed E-state index contributed by atoms with van der Waals surface area (Å²) in [4.78, 5) is 37.9. The zero-order valence-corrected chi connectivity index (χ0v) is 15.6. The Kier molecular flexibility index (Phi) is 4.61. The highest BCUT2D eigenvalue weighted by Gasteiger charge is 2.26. The van der Waals surface area contributed by atoms with Crippen LogP contribution in [0.1, 0.15) is 40.5 Å². The number of hydrogen-bond acceptors (Lipinski definition) is 4. The molecule has 1 saturated carbocycles. The molecular formula is C20H19N3O3S. The van der Waals surface area contributed by atoms with Gasteiger partial charge in [-0.25, -0.2) is 0 Å². The van der Waals surface area contributed by atoms with Crippen molar-refractivity contribution in [3.8, 4) is 0 Å². The first-order chi connectivity index (χ1) is 13.0. The van der Waals surface area contributed by atoms with Crippen LogP contribution in [0.25, 0.3) is 0 Å². The quantitative estimate of drug-likeness (QED) is 0.759. The van der Waals surface area contributed by atoms with Crippen LogP contribution in [0.15, 0.2) is 47.4 Å². The number of thioether (sulfide) groups is 1. The number of rotatable bonds is 4. The number of para-hydroxylation sites is 1. The molecule has 1 heterocycles. The lowest BCUT2D eigenvalue weighted by atomic mass is 10.1. The first-order valence-corrected chi connectivity index (χ1v) is 9.72. The molecule has 0 aromatic heterocycles. The fraction of sp³-hybridized carbons (Fsp3) is 0.250. The Morgan fingerprint density at radius 3 is 2.67 bits per heavy atom. The monoisotopic (exact) mass is 381 g/mol. The summed E-state index contributed by atoms with van der Waals surface area (Å²) in [5.74, 6) is -0.592. The fourth-order valence-corrected chi connectivity index (χ4v) is 3.76. The van der Waals surface area contributed by atoms with Crippen LogP contribution < -0.4 is 16.0 Å². The van der Waals surface area contributed by atoms with Crippen LogP contribution in [0.5, 0.6) is 0 Å². The SMILES string of the molecule is C[C@H]1Sc2ccc(C(=O)Nc3ccccc3C(=O)NC3CC3)cc2NC1=O. The maximum absolute atomic E-state index is 12.7. The van der Waals surface area contributed by atoms with E-state index in [0.717, 1.165) is 17.7 Å². The lowest BCUT2D eigenvalue weighted by Gasteiger charge is -2.21. The van der Waals surface area contributed by atoms with Gasteiger partial charge >= 0.3 is 0 Å². The summed E-state index contributed by atoms with van der Waals surface area (Å²) < 4.78 is 0. The Balaban J connectivity index is 1.54. The molecule has 2 aliphatic rings. The van der Waals surface area contributed by atoms with E-state index in [1.165, 1.54) is 11.8 Å². The van der Waals surface area contributed by atoms with Crippen LogP contribution in [0.4, 0.5) is 11.4 Å². The van der Waals surface area contributed by atoms with Crippen molar-refractivity contribution in [3.05, 3.63) is 53.6 Å². The normalized spacial score (nSPS) is 18.3. The van der Waals surface area contributed by atoms with Gasteiger partial charge in [0, 0.05) is 16.5 Å². The Labute approximate surface area is 161 Å². The fourth-order valence-electron chi connectivity index (χ4n) is 2.83. The van der Waals surface area contributed by atoms with E-state index < -0.39 is 0 Å². The second kappa shape index (κ2) is 7.08. The third kappa shape index (κ3) is 3.83. The number of benzene rings is 2. The van der Waals surface area contributed by atoms with Gasteiger partial charge in [-0.1, -0.05) is 12.1 Å². The molecule has 0 unspecified atom stereocenters. The van der Waals surface area contributed by atoms with Gasteiger partial charge in [0.25, 0.3) is 11.8 Å². The van der Waals surface area contributed by atoms with Crippen molar-refractivity contribution in [2.45, 2.75) is 36.0 Å². The summed E-state index contributed by atoms with van der Waals surface area (Å²) in [5.41, 5.74) is 1.95. The van der Waals surface area contributed by atoms with Crippen molar-refractivity contribution >= 4 is 40.9 Å². The standard InChI is InChI=1S/C20H19N3O3S/c1-11-18(24)23-16-10-12(6-9-17(16)27-11)19(25)22-15-5-3-2-4-14(15)20(26)21-13-7-8-13/h2-6,9-11,13H,7-8H2,1H3,(H,21,26)(H,22,25)(H,23,24)/t11-/m1/s1. The van der Waals surface area contributed by atoms with Crippen molar-refractivity contribution in [2.24, 2.45) is 0 Å². The molecule has 138 valence electrons. The molecule has 2 aromatic rings. The predicted octanol–water partition coefficient (Wildman–Crippen LogP) is 3.26. The molecule has 0 bridgehead atoms. The van der Waals surface area contributed by atoms with E-state index in [0.29, 0.717) is 22.5 Å². The Bertz CT molecular complexity index is 940. The van der Waals surface area contributed by atoms with Gasteiger partial charge in [-0.3, -0.25) is 14.4 Å². The van der Waals surface area contributed by atoms with E-state index in [1.54, 1.807) is 36.4 Å². The molecule has 2 aromatic carbocycles. The molecular weight excluding hydrogens is 362 g/mol. The van der Waals surface area contributed by atoms with Gasteiger partial charge in [0.15, 0.2) is 0 Å². The highest BCUT2D eigenvalue weighted by atomic mass is 32.2. The van der Waals surface area contributed by atoms with E-state index >= 15 is 0 Å². The second-order valence-electron chi connectivity index (χ2n) is 6.71. The van der Waals surface area contributed by atoms with Crippen molar-refractivity contribution < 1.29 is 14.4 Å². The molecule has 0 radical (unpaired) electrons. The van der Waals surface area contributed by atoms with Crippen LogP contribution >= 0.6 is 11.8 Å². The van der Waals surface area contributed by atoms with Gasteiger partial charge in [-0.05, 0) is 50.1 Å². The van der Waals surface area contributed by atoms with Gasteiger partial charge < -0.3 is 16.0 Å². The molecule has 27 heavy (non-hydrogen) atoms. The van der Waals surface area contributed by atoms with Crippen LogP contribution in [0.3, 0.4) is 0 Å². The highest BCUT2D eigenvalue weighted by molar-refractivity contribution is 8.00. The molecule has 1 aliphatic carbocycles. The summed E-state index contributed by atoms with van der Waals surface area (Å²) in [6.45, 7) is 1.84. The van der Waals surface area contributed by atoms with E-state index in [4.69, 9.17) is 0 Å². The minimum absolute atomic E-state index is 0.0767. The summed E-state index contributed by atoms with van der Waals surface area (Å²) in [6, 6.07) is 12.4. The number of carbonyl (C=O) groups is 3. The maximum Gasteiger partial charge on any atom is 0.255 e. The molecule has 7 heteroatoms. The van der Waals surface area contributed by atoms with Crippen molar-refractivity contribution in [1.29, 1.82) is 0 Å². The van der Waals surface area contributed by atoms with Gasteiger partial charge in [-0.15, -0.1) is 11.8 Å². The third-order valence-corrected chi connectivity index (χ3v) is 5.68. The van der Waals surface area contributed by atoms with E-state index in [2.05, 4.69) is 16.0 Å². The lowest BCUT2D eigenvalue weighted by Crippen LogP contribution is -2.27. The van der Waals surface area contributed by atoms with Gasteiger partial charge in [0.1, 0.15) is 0 Å². The first kappa shape index (κ1) is 17.6. The smallest absolute Gasteiger partial charge is 0.255 e. The zero-order chi connectivity index (χ0) is 19.0. The average Bonchev–Trinajstić information content (AvgIpc) is 3.46. The van der Waals surface area contributed by atoms with Crippen LogP contribution in [0.2, 0.25) is 0 Å². The molecule has 1 atom stereocenters. The lowest BCUT2D eigenvalue weighted by molar-refractivity contribution is -0.115. The van der Waals surface area contributed by atoms with Crippen LogP contribution in [-0.4, -0.2) is 29.0 Å². The zero-order valence-electron chi connectivity index (χ0n) is 14.7. The summed E-state index contributed by atoms with van der Waals surface area (Å²) in [7, 11) is 0. The van der Waals surface area contributed by atoms with Gasteiger partial charge in [0.05, 0.1) is 22.2 Å². The Morgan fingerprint density at radius 2 is 1.89 bits per heavy atom. The van der Waals surface area contributed by atoms with Crippen molar-refractivity contribution in [3.63, 3.8) is 0 Å². The minimum Gasteiger partial charge on any atom is -0.349 e. The second-order valence-corrected chi connectivity index (χ2v) is 8.09. The maximum atomic E-state index is 12.7. The van der Waals surface area contributed by atoms with E-state index in [9.17, 15) is 14.4 Å². The van der Waals surface area contributed by atoms with Crippen molar-refractivity contribution in [1.82, 2.24) is 5.32 Å². The van der Waals surface area contributed by atoms with E-state index in [-0.39, 0.29) is 29.0 Å². The molecule has 1 fully saturated rings. The number of amides is 3. The average molecular weight is 381 g/mol. The number of anilines is 2. The molecule has 1 aliphatic heterocycles.